The number of ether oxygens (including phenoxy) is 1. The number of carbonyl (C=O) groups excluding carboxylic acids is 1. The van der Waals surface area contributed by atoms with Gasteiger partial charge in [-0.05, 0) is 49.5 Å². The number of pyridine rings is 1. The molecule has 0 radical (unpaired) electrons. The SMILES string of the molecule is CCOC(=O)c1cccc(NC(=S)NCc2ccccn2)c1. The highest BCUT2D eigenvalue weighted by Crippen LogP contribution is 2.11. The van der Waals surface area contributed by atoms with Crippen LogP contribution in [0.15, 0.2) is 48.7 Å². The second-order valence-corrected chi connectivity index (χ2v) is 4.84. The van der Waals surface area contributed by atoms with E-state index in [2.05, 4.69) is 15.6 Å². The molecule has 114 valence electrons. The Hall–Kier alpha value is -2.47. The van der Waals surface area contributed by atoms with Crippen LogP contribution in [-0.2, 0) is 11.3 Å². The van der Waals surface area contributed by atoms with Crippen LogP contribution in [-0.4, -0.2) is 22.7 Å². The third-order valence-electron chi connectivity index (χ3n) is 2.79. The first kappa shape index (κ1) is 15.9. The quantitative estimate of drug-likeness (QED) is 0.653. The van der Waals surface area contributed by atoms with Crippen LogP contribution in [0.1, 0.15) is 23.0 Å². The Kier molecular flexibility index (Phi) is 5.85. The van der Waals surface area contributed by atoms with Crippen molar-refractivity contribution in [1.82, 2.24) is 10.3 Å². The van der Waals surface area contributed by atoms with E-state index in [0.29, 0.717) is 23.8 Å². The Morgan fingerprint density at radius 2 is 2.14 bits per heavy atom. The number of thiocarbonyl (C=S) groups is 1. The van der Waals surface area contributed by atoms with Crippen LogP contribution in [0, 0.1) is 0 Å². The zero-order valence-corrected chi connectivity index (χ0v) is 13.0. The van der Waals surface area contributed by atoms with Crippen molar-refractivity contribution in [2.45, 2.75) is 13.5 Å². The molecule has 2 aromatic rings. The lowest BCUT2D eigenvalue weighted by atomic mass is 10.2. The molecule has 0 bridgehead atoms. The molecule has 2 N–H and O–H groups in total. The summed E-state index contributed by atoms with van der Waals surface area (Å²) < 4.78 is 4.97. The maximum absolute atomic E-state index is 11.7. The molecule has 0 unspecified atom stereocenters. The lowest BCUT2D eigenvalue weighted by Crippen LogP contribution is -2.28. The van der Waals surface area contributed by atoms with Gasteiger partial charge in [0.15, 0.2) is 5.11 Å². The van der Waals surface area contributed by atoms with E-state index in [4.69, 9.17) is 17.0 Å². The van der Waals surface area contributed by atoms with Crippen LogP contribution < -0.4 is 10.6 Å². The average molecular weight is 315 g/mol. The van der Waals surface area contributed by atoms with Gasteiger partial charge in [-0.1, -0.05) is 12.1 Å². The number of rotatable bonds is 5. The Labute approximate surface area is 134 Å². The van der Waals surface area contributed by atoms with Crippen molar-refractivity contribution in [1.29, 1.82) is 0 Å². The summed E-state index contributed by atoms with van der Waals surface area (Å²) in [5.41, 5.74) is 2.11. The number of hydrogen-bond acceptors (Lipinski definition) is 4. The molecule has 1 aromatic heterocycles. The van der Waals surface area contributed by atoms with Crippen molar-refractivity contribution < 1.29 is 9.53 Å². The summed E-state index contributed by atoms with van der Waals surface area (Å²) >= 11 is 5.23. The summed E-state index contributed by atoms with van der Waals surface area (Å²) in [6.45, 7) is 2.65. The van der Waals surface area contributed by atoms with Gasteiger partial charge in [-0.15, -0.1) is 0 Å². The smallest absolute Gasteiger partial charge is 0.338 e. The first-order valence-corrected chi connectivity index (χ1v) is 7.32. The number of aromatic nitrogens is 1. The van der Waals surface area contributed by atoms with E-state index in [0.717, 1.165) is 11.4 Å². The molecule has 22 heavy (non-hydrogen) atoms. The molecule has 0 amide bonds. The maximum Gasteiger partial charge on any atom is 0.338 e. The molecular formula is C16H17N3O2S. The van der Waals surface area contributed by atoms with Crippen LogP contribution >= 0.6 is 12.2 Å². The fraction of sp³-hybridized carbons (Fsp3) is 0.188. The third-order valence-corrected chi connectivity index (χ3v) is 3.03. The monoisotopic (exact) mass is 315 g/mol. The molecule has 0 saturated carbocycles. The molecule has 6 heteroatoms. The molecule has 0 fully saturated rings. The Balaban J connectivity index is 1.91. The first-order chi connectivity index (χ1) is 10.7. The number of nitrogens with one attached hydrogen (secondary N) is 2. The van der Waals surface area contributed by atoms with Crippen molar-refractivity contribution in [3.8, 4) is 0 Å². The highest BCUT2D eigenvalue weighted by molar-refractivity contribution is 7.80. The highest BCUT2D eigenvalue weighted by atomic mass is 32.1. The molecule has 0 spiro atoms. The van der Waals surface area contributed by atoms with E-state index >= 15 is 0 Å². The fourth-order valence-electron chi connectivity index (χ4n) is 1.79. The van der Waals surface area contributed by atoms with Crippen LogP contribution in [0.25, 0.3) is 0 Å². The van der Waals surface area contributed by atoms with Gasteiger partial charge in [0.05, 0.1) is 24.4 Å². The van der Waals surface area contributed by atoms with E-state index in [9.17, 15) is 4.79 Å². The van der Waals surface area contributed by atoms with Gasteiger partial charge >= 0.3 is 5.97 Å². The second-order valence-electron chi connectivity index (χ2n) is 4.43. The summed E-state index contributed by atoms with van der Waals surface area (Å²) in [5, 5.41) is 6.56. The van der Waals surface area contributed by atoms with E-state index in [-0.39, 0.29) is 5.97 Å². The van der Waals surface area contributed by atoms with Crippen molar-refractivity contribution in [2.24, 2.45) is 0 Å². The number of esters is 1. The molecule has 0 aliphatic heterocycles. The van der Waals surface area contributed by atoms with Gasteiger partial charge < -0.3 is 15.4 Å². The normalized spacial score (nSPS) is 9.86. The van der Waals surface area contributed by atoms with Crippen LogP contribution in [0.3, 0.4) is 0 Å². The van der Waals surface area contributed by atoms with Gasteiger partial charge in [-0.25, -0.2) is 4.79 Å². The summed E-state index contributed by atoms with van der Waals surface area (Å²) in [6, 6.07) is 12.7. The van der Waals surface area contributed by atoms with E-state index in [1.54, 1.807) is 31.3 Å². The molecule has 0 aliphatic carbocycles. The summed E-state index contributed by atoms with van der Waals surface area (Å²) in [7, 11) is 0. The number of carbonyl (C=O) groups is 1. The van der Waals surface area contributed by atoms with Crippen LogP contribution in [0.5, 0.6) is 0 Å². The zero-order chi connectivity index (χ0) is 15.8. The summed E-state index contributed by atoms with van der Waals surface area (Å²) in [4.78, 5) is 15.9. The minimum Gasteiger partial charge on any atom is -0.462 e. The first-order valence-electron chi connectivity index (χ1n) is 6.91. The Morgan fingerprint density at radius 3 is 2.86 bits per heavy atom. The van der Waals surface area contributed by atoms with Crippen molar-refractivity contribution in [3.05, 3.63) is 59.9 Å². The van der Waals surface area contributed by atoms with Crippen LogP contribution in [0.4, 0.5) is 5.69 Å². The van der Waals surface area contributed by atoms with Gasteiger partial charge in [0.25, 0.3) is 0 Å². The topological polar surface area (TPSA) is 63.2 Å². The lowest BCUT2D eigenvalue weighted by Gasteiger charge is -2.11. The predicted molar refractivity (Wildman–Crippen MR) is 89.7 cm³/mol. The summed E-state index contributed by atoms with van der Waals surface area (Å²) in [5.74, 6) is -0.349. The van der Waals surface area contributed by atoms with Gasteiger partial charge in [0.1, 0.15) is 0 Å². The molecule has 5 nitrogen and oxygen atoms in total. The van der Waals surface area contributed by atoms with E-state index in [1.807, 2.05) is 24.3 Å². The molecule has 1 heterocycles. The van der Waals surface area contributed by atoms with E-state index < -0.39 is 0 Å². The highest BCUT2D eigenvalue weighted by Gasteiger charge is 2.07. The standard InChI is InChI=1S/C16H17N3O2S/c1-2-21-15(20)12-6-5-8-13(10-12)19-16(22)18-11-14-7-3-4-9-17-14/h3-10H,2,11H2,1H3,(H2,18,19,22). The van der Waals surface area contributed by atoms with Crippen molar-refractivity contribution >= 4 is 29.0 Å². The molecular weight excluding hydrogens is 298 g/mol. The van der Waals surface area contributed by atoms with Crippen molar-refractivity contribution in [2.75, 3.05) is 11.9 Å². The summed E-state index contributed by atoms with van der Waals surface area (Å²) in [6.07, 6.45) is 1.73. The minimum atomic E-state index is -0.349. The third kappa shape index (κ3) is 4.82. The van der Waals surface area contributed by atoms with E-state index in [1.165, 1.54) is 0 Å². The molecule has 0 aliphatic rings. The predicted octanol–water partition coefficient (Wildman–Crippen LogP) is 2.74. The molecule has 0 saturated heterocycles. The lowest BCUT2D eigenvalue weighted by molar-refractivity contribution is 0.0526. The zero-order valence-electron chi connectivity index (χ0n) is 12.2. The number of benzene rings is 1. The molecule has 2 rings (SSSR count). The van der Waals surface area contributed by atoms with Crippen molar-refractivity contribution in [3.63, 3.8) is 0 Å². The van der Waals surface area contributed by atoms with Gasteiger partial charge in [-0.2, -0.15) is 0 Å². The van der Waals surface area contributed by atoms with Gasteiger partial charge in [-0.3, -0.25) is 4.98 Å². The fourth-order valence-corrected chi connectivity index (χ4v) is 1.98. The van der Waals surface area contributed by atoms with Crippen LogP contribution in [0.2, 0.25) is 0 Å². The van der Waals surface area contributed by atoms with Gasteiger partial charge in [0.2, 0.25) is 0 Å². The second kappa shape index (κ2) is 8.09. The Morgan fingerprint density at radius 1 is 1.27 bits per heavy atom. The van der Waals surface area contributed by atoms with Gasteiger partial charge in [0, 0.05) is 11.9 Å². The number of anilines is 1. The average Bonchev–Trinajstić information content (AvgIpc) is 2.54. The largest absolute Gasteiger partial charge is 0.462 e. The minimum absolute atomic E-state index is 0.348. The number of hydrogen-bond donors (Lipinski definition) is 2. The Bertz CT molecular complexity index is 647. The maximum atomic E-state index is 11.7. The number of nitrogens with zero attached hydrogens (tertiary/aromatic N) is 1. The molecule has 1 aromatic carbocycles. The molecule has 0 atom stereocenters.